The van der Waals surface area contributed by atoms with Crippen LogP contribution in [0.25, 0.3) is 0 Å². The number of ether oxygens (including phenoxy) is 6. The zero-order valence-corrected chi connectivity index (χ0v) is 34.4. The van der Waals surface area contributed by atoms with Crippen molar-refractivity contribution in [1.82, 2.24) is 0 Å². The Morgan fingerprint density at radius 1 is 0.472 bits per heavy atom. The van der Waals surface area contributed by atoms with Gasteiger partial charge in [-0.2, -0.15) is 0 Å². The average molecular weight is 1040 g/mol. The molecule has 0 fully saturated rings. The molecular formula is C22H46O12Rf2-4. The Labute approximate surface area is 204 Å². The molecule has 14 heteroatoms. The van der Waals surface area contributed by atoms with Gasteiger partial charge in [0.1, 0.15) is 0 Å². The summed E-state index contributed by atoms with van der Waals surface area (Å²) < 4.78 is 27.4. The van der Waals surface area contributed by atoms with Gasteiger partial charge >= 0.3 is 0 Å². The van der Waals surface area contributed by atoms with Crippen molar-refractivity contribution in [3.63, 3.8) is 0 Å². The van der Waals surface area contributed by atoms with E-state index in [0.717, 1.165) is 12.8 Å². The Kier molecular flexibility index (Phi) is 44.9. The second-order valence-electron chi connectivity index (χ2n) is 6.98. The molecule has 0 aliphatic carbocycles. The summed E-state index contributed by atoms with van der Waals surface area (Å²) >= 11 is 0. The summed E-state index contributed by atoms with van der Waals surface area (Å²) in [7, 11) is 12.5. The average Bonchev–Trinajstić information content (AvgIpc) is 2.79. The van der Waals surface area contributed by atoms with Crippen molar-refractivity contribution in [1.29, 1.82) is 0 Å². The first-order chi connectivity index (χ1) is 16.3. The second-order valence-corrected chi connectivity index (χ2v) is 6.98. The molecule has 0 saturated heterocycles. The first-order valence-corrected chi connectivity index (χ1v) is 10.9. The molecule has 0 radical (unpaired) electrons. The molecule has 4 atom stereocenters. The molecule has 0 saturated carbocycles. The summed E-state index contributed by atoms with van der Waals surface area (Å²) in [6.45, 7) is 1.64. The largest absolute Gasteiger partial charge is 0.553 e. The van der Waals surface area contributed by atoms with Gasteiger partial charge < -0.3 is 59.1 Å². The first kappa shape index (κ1) is 43.6. The zero-order chi connectivity index (χ0) is 26.5. The fourth-order valence-electron chi connectivity index (χ4n) is 2.13. The summed E-state index contributed by atoms with van der Waals surface area (Å²) in [5.74, 6) is 0. The Morgan fingerprint density at radius 3 is 1.00 bits per heavy atom. The molecule has 36 heavy (non-hydrogen) atoms. The van der Waals surface area contributed by atoms with E-state index < -0.39 is 24.4 Å². The number of aliphatic hydroxyl groups excluding tert-OH is 6. The van der Waals surface area contributed by atoms with E-state index in [1.807, 2.05) is 0 Å². The summed E-state index contributed by atoms with van der Waals surface area (Å²) in [5, 5.41) is 52.8. The third-order valence-electron chi connectivity index (χ3n) is 3.66. The number of hydrogen-bond acceptors (Lipinski definition) is 12. The molecule has 0 aliphatic heterocycles. The third kappa shape index (κ3) is 41.7. The van der Waals surface area contributed by atoms with Gasteiger partial charge in [-0.1, -0.05) is 12.8 Å². The van der Waals surface area contributed by atoms with E-state index in [1.165, 1.54) is 0 Å². The Hall–Kier alpha value is -2.48. The molecule has 0 amide bonds. The summed E-state index contributed by atoms with van der Waals surface area (Å²) in [4.78, 5) is 0. The molecule has 0 aromatic rings. The topological polar surface area (TPSA) is 177 Å². The second kappa shape index (κ2) is 37.1. The van der Waals surface area contributed by atoms with Crippen LogP contribution >= 0.6 is 0 Å². The van der Waals surface area contributed by atoms with E-state index >= 15 is 0 Å². The van der Waals surface area contributed by atoms with Crippen LogP contribution in [-0.4, -0.2) is 121 Å². The van der Waals surface area contributed by atoms with Crippen LogP contribution in [0.3, 0.4) is 0 Å². The molecule has 4 unspecified atom stereocenters. The summed E-state index contributed by atoms with van der Waals surface area (Å²) in [5.41, 5.74) is 0. The van der Waals surface area contributed by atoms with Crippen molar-refractivity contribution in [2.45, 2.75) is 50.1 Å². The minimum Gasteiger partial charge on any atom is -0.553 e. The predicted molar refractivity (Wildman–Crippen MR) is 124 cm³/mol. The predicted octanol–water partition coefficient (Wildman–Crippen LogP) is -0.786. The maximum atomic E-state index is 9.26. The van der Waals surface area contributed by atoms with Gasteiger partial charge in [0.25, 0.3) is 0 Å². The van der Waals surface area contributed by atoms with Gasteiger partial charge in [0.15, 0.2) is 0 Å². The van der Waals surface area contributed by atoms with Crippen molar-refractivity contribution in [2.75, 3.05) is 66.1 Å². The molecule has 0 spiro atoms. The molecule has 0 rings (SSSR count). The van der Waals surface area contributed by atoms with Crippen LogP contribution < -0.4 is 0 Å². The molecule has 12 nitrogen and oxygen atoms in total. The molecule has 0 aromatic heterocycles. The van der Waals surface area contributed by atoms with Crippen molar-refractivity contribution >= 4 is 0 Å². The van der Waals surface area contributed by atoms with Crippen molar-refractivity contribution < 1.29 is 59.1 Å². The molecule has 0 heterocycles. The van der Waals surface area contributed by atoms with E-state index in [-0.39, 0.29) is 66.1 Å². The normalized spacial score (nSPS) is 13.5. The molecule has 0 bridgehead atoms. The molecule has 0 aliphatic rings. The summed E-state index contributed by atoms with van der Waals surface area (Å²) in [6.07, 6.45) is 0.869. The SMILES string of the molecule is [CH2-]OCC(O)CCCCC(O)CO[CH2-].[CH2-]OCC(O)COCCO.[CH2-]OCC(O)COCCO.[Rf].[Rf]. The van der Waals surface area contributed by atoms with Crippen molar-refractivity contribution in [3.8, 4) is 0 Å². The molecular weight excluding hydrogens is 990 g/mol. The van der Waals surface area contributed by atoms with Gasteiger partial charge in [-0.05, 0) is 12.8 Å². The van der Waals surface area contributed by atoms with E-state index in [9.17, 15) is 10.2 Å². The number of hydrogen-bond donors (Lipinski definition) is 6. The quantitative estimate of drug-likeness (QED) is 0.0626. The minimum atomic E-state index is -0.649. The van der Waals surface area contributed by atoms with Gasteiger partial charge in [0.05, 0.1) is 64.1 Å². The van der Waals surface area contributed by atoms with Crippen LogP contribution in [0.1, 0.15) is 25.7 Å². The number of aliphatic hydroxyl groups is 6. The van der Waals surface area contributed by atoms with Crippen molar-refractivity contribution in [3.05, 3.63) is 28.4 Å². The minimum absolute atomic E-state index is 0. The van der Waals surface area contributed by atoms with Crippen LogP contribution in [0.15, 0.2) is 0 Å². The smallest absolute Gasteiger partial charge is 0.0976 e. The summed E-state index contributed by atoms with van der Waals surface area (Å²) in [6, 6.07) is 0. The third-order valence-corrected chi connectivity index (χ3v) is 3.66. The van der Waals surface area contributed by atoms with Crippen molar-refractivity contribution in [2.24, 2.45) is 0 Å². The molecule has 6 N–H and O–H groups in total. The van der Waals surface area contributed by atoms with E-state index in [4.69, 9.17) is 29.9 Å². The fraction of sp³-hybridized carbons (Fsp3) is 0.818. The first-order valence-electron chi connectivity index (χ1n) is 10.9. The zero-order valence-electron chi connectivity index (χ0n) is 21.6. The molecule has 0 aromatic carbocycles. The van der Waals surface area contributed by atoms with Crippen LogP contribution in [0.4, 0.5) is 0 Å². The van der Waals surface area contributed by atoms with Crippen LogP contribution in [-0.2, 0) is 28.4 Å². The number of unbranched alkanes of at least 4 members (excludes halogenated alkanes) is 1. The Balaban J connectivity index is -0.000000133. The maximum absolute atomic E-state index is 9.26. The molecule has 214 valence electrons. The van der Waals surface area contributed by atoms with Gasteiger partial charge in [0.2, 0.25) is 0 Å². The van der Waals surface area contributed by atoms with Gasteiger partial charge in [0, 0.05) is 26.4 Å². The fourth-order valence-corrected chi connectivity index (χ4v) is 2.13. The van der Waals surface area contributed by atoms with Gasteiger partial charge in [-0.3, -0.25) is 0 Å². The number of rotatable bonds is 21. The van der Waals surface area contributed by atoms with Gasteiger partial charge in [-0.25, -0.2) is 28.4 Å². The van der Waals surface area contributed by atoms with E-state index in [0.29, 0.717) is 12.8 Å². The standard InChI is InChI=1S/C10H20O4.2C6H13O4.2Rf/c1-13-7-9(11)5-3-4-6-10(12)8-14-2;2*1-9-4-6(8)5-10-3-2-7;;/h9-12H,1-8H2;2*6-8H,1-5H2;;/q-2;2*-1;;. The van der Waals surface area contributed by atoms with Crippen LogP contribution in [0.2, 0.25) is 0 Å². The monoisotopic (exact) mass is 1040 g/mol. The van der Waals surface area contributed by atoms with E-state index in [2.05, 4.69) is 47.4 Å². The Morgan fingerprint density at radius 2 is 0.750 bits per heavy atom. The van der Waals surface area contributed by atoms with Crippen LogP contribution in [0.5, 0.6) is 0 Å². The Bertz CT molecular complexity index is 331. The maximum Gasteiger partial charge on any atom is 0.0976 e. The van der Waals surface area contributed by atoms with Gasteiger partial charge in [-0.15, -0.1) is 0 Å². The van der Waals surface area contributed by atoms with Crippen LogP contribution in [0, 0.1) is 28.4 Å². The van der Waals surface area contributed by atoms with E-state index in [1.54, 1.807) is 0 Å².